The summed E-state index contributed by atoms with van der Waals surface area (Å²) >= 11 is 0. The monoisotopic (exact) mass is 250 g/mol. The van der Waals surface area contributed by atoms with Gasteiger partial charge in [0.15, 0.2) is 6.29 Å². The van der Waals surface area contributed by atoms with E-state index in [4.69, 9.17) is 9.47 Å². The number of allylic oxidation sites excluding steroid dienone is 1. The lowest BCUT2D eigenvalue weighted by molar-refractivity contribution is -0.160. The number of carbonyl (C=O) groups is 1. The maximum Gasteiger partial charge on any atom is 0.166 e. The van der Waals surface area contributed by atoms with Gasteiger partial charge in [0.2, 0.25) is 0 Å². The van der Waals surface area contributed by atoms with Gasteiger partial charge in [-0.2, -0.15) is 0 Å². The van der Waals surface area contributed by atoms with Crippen LogP contribution in [0.25, 0.3) is 0 Å². The van der Waals surface area contributed by atoms with Gasteiger partial charge in [-0.05, 0) is 12.8 Å². The highest BCUT2D eigenvalue weighted by molar-refractivity contribution is 5.83. The summed E-state index contributed by atoms with van der Waals surface area (Å²) < 4.78 is 11.7. The van der Waals surface area contributed by atoms with Gasteiger partial charge in [0.25, 0.3) is 0 Å². The van der Waals surface area contributed by atoms with Crippen molar-refractivity contribution in [1.29, 1.82) is 0 Å². The van der Waals surface area contributed by atoms with Gasteiger partial charge in [0, 0.05) is 30.3 Å². The molecule has 2 aliphatic carbocycles. The standard InChI is InChI=1S/C15H22O3/c1-8-7-14(3)13(17-5)18-12-9(2)11(16)6-10(8)15(12,14)4/h7,9-10,12-13H,6H2,1-5H3/t9-,10+,12+,13-,14+,15-/m0/s1. The molecular weight excluding hydrogens is 228 g/mol. The van der Waals surface area contributed by atoms with E-state index in [1.165, 1.54) is 5.57 Å². The number of Topliss-reactive ketones (excluding diaryl/α,β-unsaturated/α-hetero) is 1. The van der Waals surface area contributed by atoms with Crippen molar-refractivity contribution in [2.75, 3.05) is 7.11 Å². The van der Waals surface area contributed by atoms with Crippen molar-refractivity contribution < 1.29 is 14.3 Å². The van der Waals surface area contributed by atoms with Crippen LogP contribution >= 0.6 is 0 Å². The predicted octanol–water partition coefficient (Wildman–Crippen LogP) is 2.56. The number of rotatable bonds is 1. The van der Waals surface area contributed by atoms with Crippen LogP contribution in [0.4, 0.5) is 0 Å². The van der Waals surface area contributed by atoms with E-state index in [2.05, 4.69) is 26.8 Å². The summed E-state index contributed by atoms with van der Waals surface area (Å²) in [5, 5.41) is 0. The molecule has 0 N–H and O–H groups in total. The van der Waals surface area contributed by atoms with Crippen LogP contribution in [0.1, 0.15) is 34.1 Å². The maximum atomic E-state index is 12.2. The van der Waals surface area contributed by atoms with Gasteiger partial charge in [-0.1, -0.05) is 32.4 Å². The number of hydrogen-bond acceptors (Lipinski definition) is 3. The van der Waals surface area contributed by atoms with E-state index < -0.39 is 0 Å². The average Bonchev–Trinajstić information content (AvgIpc) is 2.64. The van der Waals surface area contributed by atoms with Crippen LogP contribution in [0.2, 0.25) is 0 Å². The third-order valence-corrected chi connectivity index (χ3v) is 5.89. The molecule has 0 radical (unpaired) electrons. The molecule has 0 aromatic rings. The molecular formula is C15H22O3. The number of carbonyl (C=O) groups excluding carboxylic acids is 1. The Hall–Kier alpha value is -0.670. The minimum absolute atomic E-state index is 0.00884. The smallest absolute Gasteiger partial charge is 0.166 e. The van der Waals surface area contributed by atoms with Crippen LogP contribution in [0.5, 0.6) is 0 Å². The van der Waals surface area contributed by atoms with E-state index in [1.54, 1.807) is 7.11 Å². The van der Waals surface area contributed by atoms with Gasteiger partial charge in [0.1, 0.15) is 5.78 Å². The Morgan fingerprint density at radius 1 is 1.44 bits per heavy atom. The van der Waals surface area contributed by atoms with Crippen molar-refractivity contribution in [3.05, 3.63) is 11.6 Å². The Bertz CT molecular complexity index is 441. The summed E-state index contributed by atoms with van der Waals surface area (Å²) in [6, 6.07) is 0. The first-order chi connectivity index (χ1) is 8.36. The topological polar surface area (TPSA) is 35.5 Å². The Balaban J connectivity index is 2.15. The molecule has 0 amide bonds. The molecule has 1 saturated heterocycles. The van der Waals surface area contributed by atoms with Gasteiger partial charge in [0.05, 0.1) is 6.10 Å². The minimum Gasteiger partial charge on any atom is -0.355 e. The van der Waals surface area contributed by atoms with E-state index in [0.717, 1.165) is 0 Å². The lowest BCUT2D eigenvalue weighted by atomic mass is 9.55. The van der Waals surface area contributed by atoms with Crippen LogP contribution in [0, 0.1) is 22.7 Å². The van der Waals surface area contributed by atoms with Crippen molar-refractivity contribution in [2.24, 2.45) is 22.7 Å². The van der Waals surface area contributed by atoms with Crippen molar-refractivity contribution in [2.45, 2.75) is 46.5 Å². The van der Waals surface area contributed by atoms with E-state index in [0.29, 0.717) is 18.1 Å². The predicted molar refractivity (Wildman–Crippen MR) is 67.9 cm³/mol. The Morgan fingerprint density at radius 3 is 2.72 bits per heavy atom. The third kappa shape index (κ3) is 1.11. The molecule has 3 aliphatic rings. The minimum atomic E-state index is -0.235. The molecule has 0 aromatic heterocycles. The molecule has 0 unspecified atom stereocenters. The van der Waals surface area contributed by atoms with Gasteiger partial charge < -0.3 is 9.47 Å². The number of methoxy groups -OCH3 is 1. The fourth-order valence-electron chi connectivity index (χ4n) is 4.69. The van der Waals surface area contributed by atoms with Crippen LogP contribution in [-0.4, -0.2) is 25.3 Å². The molecule has 0 spiro atoms. The molecule has 3 nitrogen and oxygen atoms in total. The lowest BCUT2D eigenvalue weighted by Gasteiger charge is -2.46. The second kappa shape index (κ2) is 3.45. The van der Waals surface area contributed by atoms with E-state index in [9.17, 15) is 4.79 Å². The molecule has 18 heavy (non-hydrogen) atoms. The number of ether oxygens (including phenoxy) is 2. The molecule has 1 heterocycles. The molecule has 2 fully saturated rings. The first kappa shape index (κ1) is 12.4. The second-order valence-electron chi connectivity index (χ2n) is 6.59. The highest BCUT2D eigenvalue weighted by Gasteiger charge is 2.70. The highest BCUT2D eigenvalue weighted by Crippen LogP contribution is 2.67. The summed E-state index contributed by atoms with van der Waals surface area (Å²) in [6.45, 7) is 8.64. The summed E-state index contributed by atoms with van der Waals surface area (Å²) in [6.07, 6.45) is 2.69. The fourth-order valence-corrected chi connectivity index (χ4v) is 4.69. The largest absolute Gasteiger partial charge is 0.355 e. The van der Waals surface area contributed by atoms with Crippen molar-refractivity contribution in [3.63, 3.8) is 0 Å². The molecule has 3 rings (SSSR count). The van der Waals surface area contributed by atoms with Crippen LogP contribution in [-0.2, 0) is 14.3 Å². The first-order valence-electron chi connectivity index (χ1n) is 6.76. The average molecular weight is 250 g/mol. The molecule has 0 bridgehead atoms. The van der Waals surface area contributed by atoms with E-state index >= 15 is 0 Å². The van der Waals surface area contributed by atoms with Crippen molar-refractivity contribution >= 4 is 5.78 Å². The normalized spacial score (nSPS) is 54.5. The van der Waals surface area contributed by atoms with Gasteiger partial charge in [-0.15, -0.1) is 0 Å². The Kier molecular flexibility index (Phi) is 2.37. The summed E-state index contributed by atoms with van der Waals surface area (Å²) in [5.41, 5.74) is 1.21. The zero-order valence-electron chi connectivity index (χ0n) is 11.8. The summed E-state index contributed by atoms with van der Waals surface area (Å²) in [7, 11) is 1.69. The maximum absolute atomic E-state index is 12.2. The zero-order valence-corrected chi connectivity index (χ0v) is 11.8. The molecule has 6 atom stereocenters. The molecule has 1 saturated carbocycles. The third-order valence-electron chi connectivity index (χ3n) is 5.89. The Morgan fingerprint density at radius 2 is 2.11 bits per heavy atom. The van der Waals surface area contributed by atoms with Gasteiger partial charge >= 0.3 is 0 Å². The van der Waals surface area contributed by atoms with Crippen LogP contribution in [0.15, 0.2) is 11.6 Å². The van der Waals surface area contributed by atoms with Crippen LogP contribution in [0.3, 0.4) is 0 Å². The highest BCUT2D eigenvalue weighted by atomic mass is 16.7. The lowest BCUT2D eigenvalue weighted by Crippen LogP contribution is -2.51. The fraction of sp³-hybridized carbons (Fsp3) is 0.800. The van der Waals surface area contributed by atoms with E-state index in [1.807, 2.05) is 6.92 Å². The van der Waals surface area contributed by atoms with Crippen LogP contribution < -0.4 is 0 Å². The number of ketones is 1. The molecule has 1 aliphatic heterocycles. The van der Waals surface area contributed by atoms with E-state index in [-0.39, 0.29) is 29.1 Å². The molecule has 3 heteroatoms. The van der Waals surface area contributed by atoms with Gasteiger partial charge in [-0.25, -0.2) is 0 Å². The molecule has 100 valence electrons. The summed E-state index contributed by atoms with van der Waals surface area (Å²) in [5.74, 6) is 0.623. The van der Waals surface area contributed by atoms with Crippen molar-refractivity contribution in [1.82, 2.24) is 0 Å². The zero-order chi connectivity index (χ0) is 13.3. The van der Waals surface area contributed by atoms with Gasteiger partial charge in [-0.3, -0.25) is 4.79 Å². The Labute approximate surface area is 109 Å². The summed E-state index contributed by atoms with van der Waals surface area (Å²) in [4.78, 5) is 12.2. The molecule has 0 aromatic carbocycles. The second-order valence-corrected chi connectivity index (χ2v) is 6.59. The SMILES string of the molecule is CO[C@H]1O[C@@H]2[C@@H](C)C(=O)C[C@@H]3C(C)=C[C@@]1(C)[C@@]32C. The first-order valence-corrected chi connectivity index (χ1v) is 6.76. The number of hydrogen-bond donors (Lipinski definition) is 0. The quantitative estimate of drug-likeness (QED) is 0.671. The van der Waals surface area contributed by atoms with Crippen molar-refractivity contribution in [3.8, 4) is 0 Å².